The van der Waals surface area contributed by atoms with E-state index in [9.17, 15) is 0 Å². The average Bonchev–Trinajstić information content (AvgIpc) is 2.35. The van der Waals surface area contributed by atoms with Crippen molar-refractivity contribution in [2.24, 2.45) is 16.1 Å². The molecule has 0 bridgehead atoms. The molecule has 0 fully saturated rings. The van der Waals surface area contributed by atoms with Crippen molar-refractivity contribution in [1.82, 2.24) is 0 Å². The zero-order chi connectivity index (χ0) is 11.8. The van der Waals surface area contributed by atoms with Crippen LogP contribution < -0.4 is 0 Å². The van der Waals surface area contributed by atoms with E-state index in [0.29, 0.717) is 5.69 Å². The van der Waals surface area contributed by atoms with Gasteiger partial charge in [-0.2, -0.15) is 20.8 Å². The second kappa shape index (κ2) is 6.10. The summed E-state index contributed by atoms with van der Waals surface area (Å²) >= 11 is 0. The first-order valence-corrected chi connectivity index (χ1v) is 4.69. The third-order valence-electron chi connectivity index (χ3n) is 1.87. The van der Waals surface area contributed by atoms with E-state index in [2.05, 4.69) is 16.8 Å². The lowest BCUT2D eigenvalue weighted by Gasteiger charge is -1.95. The minimum atomic E-state index is -0.730. The van der Waals surface area contributed by atoms with Crippen molar-refractivity contribution < 1.29 is 0 Å². The molecule has 0 saturated carbocycles. The van der Waals surface area contributed by atoms with Gasteiger partial charge >= 0.3 is 0 Å². The van der Waals surface area contributed by atoms with Crippen LogP contribution in [0.25, 0.3) is 6.08 Å². The molecule has 0 unspecified atom stereocenters. The van der Waals surface area contributed by atoms with Gasteiger partial charge in [0.05, 0.1) is 24.4 Å². The first kappa shape index (κ1) is 11.6. The second-order valence-corrected chi connectivity index (χ2v) is 3.03. The molecule has 78 valence electrons. The van der Waals surface area contributed by atoms with Crippen LogP contribution in [0.1, 0.15) is 5.56 Å². The Morgan fingerprint density at radius 2 is 2.12 bits per heavy atom. The molecule has 1 aromatic carbocycles. The summed E-state index contributed by atoms with van der Waals surface area (Å²) < 4.78 is 0. The van der Waals surface area contributed by atoms with Gasteiger partial charge in [0.2, 0.25) is 0 Å². The van der Waals surface area contributed by atoms with Crippen LogP contribution in [-0.4, -0.2) is 6.54 Å². The monoisotopic (exact) mass is 210 g/mol. The third kappa shape index (κ3) is 3.36. The van der Waals surface area contributed by atoms with Gasteiger partial charge in [-0.1, -0.05) is 24.8 Å². The molecular formula is C12H10N4. The lowest BCUT2D eigenvalue weighted by Crippen LogP contribution is -1.95. The topological polar surface area (TPSA) is 72.3 Å². The summed E-state index contributed by atoms with van der Waals surface area (Å²) in [7, 11) is 0. The van der Waals surface area contributed by atoms with Crippen LogP contribution in [0.3, 0.4) is 0 Å². The summed E-state index contributed by atoms with van der Waals surface area (Å²) in [6.07, 6.45) is 1.71. The SMILES string of the molecule is C=Cc1cccc(N=NCC(C#N)C#N)c1. The van der Waals surface area contributed by atoms with Gasteiger partial charge in [-0.05, 0) is 17.7 Å². The van der Waals surface area contributed by atoms with Crippen LogP contribution in [0, 0.1) is 28.6 Å². The van der Waals surface area contributed by atoms with Crippen molar-refractivity contribution in [1.29, 1.82) is 10.5 Å². The number of nitrogens with zero attached hydrogens (tertiary/aromatic N) is 4. The van der Waals surface area contributed by atoms with E-state index in [4.69, 9.17) is 10.5 Å². The maximum absolute atomic E-state index is 8.52. The normalized spacial score (nSPS) is 9.94. The van der Waals surface area contributed by atoms with Crippen molar-refractivity contribution in [2.45, 2.75) is 0 Å². The Morgan fingerprint density at radius 3 is 2.75 bits per heavy atom. The highest BCUT2D eigenvalue weighted by atomic mass is 15.1. The number of benzene rings is 1. The molecule has 0 spiro atoms. The molecule has 0 N–H and O–H groups in total. The molecule has 1 rings (SSSR count). The Kier molecular flexibility index (Phi) is 4.43. The van der Waals surface area contributed by atoms with Crippen LogP contribution in [0.5, 0.6) is 0 Å². The lowest BCUT2D eigenvalue weighted by atomic mass is 10.2. The number of hydrogen-bond acceptors (Lipinski definition) is 4. The van der Waals surface area contributed by atoms with E-state index in [1.807, 2.05) is 30.3 Å². The van der Waals surface area contributed by atoms with Gasteiger partial charge in [-0.15, -0.1) is 0 Å². The fraction of sp³-hybridized carbons (Fsp3) is 0.167. The highest BCUT2D eigenvalue weighted by Gasteiger charge is 2.02. The van der Waals surface area contributed by atoms with Gasteiger partial charge in [0.25, 0.3) is 0 Å². The van der Waals surface area contributed by atoms with Crippen LogP contribution in [0.4, 0.5) is 5.69 Å². The Labute approximate surface area is 94.2 Å². The number of azo groups is 1. The van der Waals surface area contributed by atoms with Gasteiger partial charge in [-0.3, -0.25) is 0 Å². The number of rotatable bonds is 4. The van der Waals surface area contributed by atoms with Gasteiger partial charge in [0.1, 0.15) is 0 Å². The minimum absolute atomic E-state index is 0.102. The largest absolute Gasteiger partial charge is 0.197 e. The zero-order valence-electron chi connectivity index (χ0n) is 8.67. The molecule has 4 nitrogen and oxygen atoms in total. The molecule has 0 aliphatic carbocycles. The van der Waals surface area contributed by atoms with Crippen molar-refractivity contribution >= 4 is 11.8 Å². The number of hydrogen-bond donors (Lipinski definition) is 0. The van der Waals surface area contributed by atoms with Crippen molar-refractivity contribution in [3.63, 3.8) is 0 Å². The summed E-state index contributed by atoms with van der Waals surface area (Å²) in [5.41, 5.74) is 1.64. The highest BCUT2D eigenvalue weighted by Crippen LogP contribution is 2.15. The van der Waals surface area contributed by atoms with E-state index in [1.54, 1.807) is 12.1 Å². The predicted molar refractivity (Wildman–Crippen MR) is 60.6 cm³/mol. The van der Waals surface area contributed by atoms with Gasteiger partial charge in [-0.25, -0.2) is 0 Å². The minimum Gasteiger partial charge on any atom is -0.197 e. The van der Waals surface area contributed by atoms with E-state index >= 15 is 0 Å². The Hall–Kier alpha value is -2.46. The first-order chi connectivity index (χ1) is 7.80. The van der Waals surface area contributed by atoms with Crippen LogP contribution >= 0.6 is 0 Å². The Bertz CT molecular complexity index is 463. The summed E-state index contributed by atoms with van der Waals surface area (Å²) in [5.74, 6) is -0.730. The molecule has 1 aromatic rings. The highest BCUT2D eigenvalue weighted by molar-refractivity contribution is 5.53. The van der Waals surface area contributed by atoms with Gasteiger partial charge in [0, 0.05) is 0 Å². The lowest BCUT2D eigenvalue weighted by molar-refractivity contribution is 0.809. The molecule has 4 heteroatoms. The smallest absolute Gasteiger partial charge is 0.154 e. The molecule has 0 heterocycles. The molecular weight excluding hydrogens is 200 g/mol. The summed E-state index contributed by atoms with van der Waals surface area (Å²) in [6, 6.07) is 11.0. The van der Waals surface area contributed by atoms with Crippen molar-refractivity contribution in [3.8, 4) is 12.1 Å². The molecule has 0 atom stereocenters. The summed E-state index contributed by atoms with van der Waals surface area (Å²) in [5, 5.41) is 24.8. The third-order valence-corrected chi connectivity index (χ3v) is 1.87. The van der Waals surface area contributed by atoms with Gasteiger partial charge in [0.15, 0.2) is 5.92 Å². The summed E-state index contributed by atoms with van der Waals surface area (Å²) in [6.45, 7) is 3.75. The standard InChI is InChI=1S/C12H10N4/c1-2-10-4-3-5-12(6-10)16-15-9-11(7-13)8-14/h2-6,11H,1,9H2. The molecule has 0 saturated heterocycles. The average molecular weight is 210 g/mol. The number of nitriles is 2. The van der Waals surface area contributed by atoms with E-state index in [0.717, 1.165) is 5.56 Å². The molecule has 0 amide bonds. The first-order valence-electron chi connectivity index (χ1n) is 4.69. The van der Waals surface area contributed by atoms with E-state index in [-0.39, 0.29) is 6.54 Å². The van der Waals surface area contributed by atoms with Crippen LogP contribution in [0.15, 0.2) is 41.1 Å². The maximum Gasteiger partial charge on any atom is 0.154 e. The maximum atomic E-state index is 8.52. The van der Waals surface area contributed by atoms with Crippen molar-refractivity contribution in [2.75, 3.05) is 6.54 Å². The Balaban J connectivity index is 2.67. The molecule has 0 radical (unpaired) electrons. The zero-order valence-corrected chi connectivity index (χ0v) is 8.67. The van der Waals surface area contributed by atoms with Crippen LogP contribution in [0.2, 0.25) is 0 Å². The predicted octanol–water partition coefficient (Wildman–Crippen LogP) is 3.08. The van der Waals surface area contributed by atoms with Gasteiger partial charge < -0.3 is 0 Å². The van der Waals surface area contributed by atoms with E-state index in [1.165, 1.54) is 0 Å². The quantitative estimate of drug-likeness (QED) is 0.716. The molecule has 0 aliphatic rings. The molecule has 0 aromatic heterocycles. The fourth-order valence-corrected chi connectivity index (χ4v) is 1.03. The molecule has 16 heavy (non-hydrogen) atoms. The summed E-state index contributed by atoms with van der Waals surface area (Å²) in [4.78, 5) is 0. The molecule has 0 aliphatic heterocycles. The second-order valence-electron chi connectivity index (χ2n) is 3.03. The Morgan fingerprint density at radius 1 is 1.38 bits per heavy atom. The van der Waals surface area contributed by atoms with Crippen molar-refractivity contribution in [3.05, 3.63) is 36.4 Å². The fourth-order valence-electron chi connectivity index (χ4n) is 1.03. The van der Waals surface area contributed by atoms with E-state index < -0.39 is 5.92 Å². The van der Waals surface area contributed by atoms with Crippen LogP contribution in [-0.2, 0) is 0 Å².